The van der Waals surface area contributed by atoms with Crippen LogP contribution in [0.15, 0.2) is 18.2 Å². The molecule has 1 saturated heterocycles. The second-order valence-corrected chi connectivity index (χ2v) is 5.87. The number of morpholine rings is 1. The molecule has 1 unspecified atom stereocenters. The molecule has 1 aromatic rings. The molecule has 1 aliphatic carbocycles. The molecule has 2 fully saturated rings. The van der Waals surface area contributed by atoms with Crippen LogP contribution in [0.3, 0.4) is 0 Å². The van der Waals surface area contributed by atoms with Crippen molar-refractivity contribution in [3.8, 4) is 0 Å². The van der Waals surface area contributed by atoms with Crippen LogP contribution < -0.4 is 5.32 Å². The Hall–Kier alpha value is -1.70. The summed E-state index contributed by atoms with van der Waals surface area (Å²) in [5, 5.41) is 23.4. The highest BCUT2D eigenvalue weighted by Crippen LogP contribution is 2.29. The van der Waals surface area contributed by atoms with Gasteiger partial charge in [0.2, 0.25) is 0 Å². The number of hydrogen-bond acceptors (Lipinski definition) is 6. The van der Waals surface area contributed by atoms with Crippen molar-refractivity contribution in [2.45, 2.75) is 31.6 Å². The van der Waals surface area contributed by atoms with Crippen LogP contribution in [0.4, 0.5) is 11.4 Å². The van der Waals surface area contributed by atoms with Crippen LogP contribution in [0, 0.1) is 10.1 Å². The Morgan fingerprint density at radius 3 is 2.95 bits per heavy atom. The van der Waals surface area contributed by atoms with Gasteiger partial charge >= 0.3 is 0 Å². The van der Waals surface area contributed by atoms with Crippen molar-refractivity contribution in [3.05, 3.63) is 33.9 Å². The molecule has 2 N–H and O–H groups in total. The number of ether oxygens (including phenoxy) is 1. The van der Waals surface area contributed by atoms with Gasteiger partial charge in [0.25, 0.3) is 5.69 Å². The van der Waals surface area contributed by atoms with Gasteiger partial charge in [-0.15, -0.1) is 0 Å². The molecule has 0 amide bonds. The maximum Gasteiger partial charge on any atom is 0.292 e. The zero-order valence-corrected chi connectivity index (χ0v) is 12.4. The summed E-state index contributed by atoms with van der Waals surface area (Å²) in [5.41, 5.74) is 1.10. The predicted octanol–water partition coefficient (Wildman–Crippen LogP) is 1.36. The molecule has 2 aliphatic rings. The van der Waals surface area contributed by atoms with E-state index < -0.39 is 4.92 Å². The minimum Gasteiger partial charge on any atom is -0.392 e. The smallest absolute Gasteiger partial charge is 0.292 e. The maximum atomic E-state index is 11.1. The maximum absolute atomic E-state index is 11.1. The average molecular weight is 307 g/mol. The normalized spacial score (nSPS) is 22.5. The summed E-state index contributed by atoms with van der Waals surface area (Å²) in [7, 11) is 0. The summed E-state index contributed by atoms with van der Waals surface area (Å²) >= 11 is 0. The SMILES string of the molecule is O=[N+]([O-])c1ccc(CO)cc1NCC1CN(C2CC2)CCO1. The van der Waals surface area contributed by atoms with Crippen molar-refractivity contribution in [2.75, 3.05) is 31.6 Å². The Labute approximate surface area is 129 Å². The van der Waals surface area contributed by atoms with Gasteiger partial charge in [-0.1, -0.05) is 0 Å². The highest BCUT2D eigenvalue weighted by Gasteiger charge is 2.33. The van der Waals surface area contributed by atoms with Crippen LogP contribution in [0.5, 0.6) is 0 Å². The molecule has 1 saturated carbocycles. The summed E-state index contributed by atoms with van der Waals surface area (Å²) in [6, 6.07) is 5.32. The molecule has 7 heteroatoms. The highest BCUT2D eigenvalue weighted by molar-refractivity contribution is 5.62. The van der Waals surface area contributed by atoms with E-state index in [4.69, 9.17) is 4.74 Å². The standard InChI is InChI=1S/C15H21N3O4/c19-10-11-1-4-15(18(20)21)14(7-11)16-8-13-9-17(5-6-22-13)12-2-3-12/h1,4,7,12-13,16,19H,2-3,5-6,8-10H2. The van der Waals surface area contributed by atoms with Crippen molar-refractivity contribution in [3.63, 3.8) is 0 Å². The first-order chi connectivity index (χ1) is 10.7. The number of hydrogen-bond donors (Lipinski definition) is 2. The summed E-state index contributed by atoms with van der Waals surface area (Å²) in [6.45, 7) is 2.94. The van der Waals surface area contributed by atoms with E-state index in [0.29, 0.717) is 30.4 Å². The summed E-state index contributed by atoms with van der Waals surface area (Å²) in [6.07, 6.45) is 2.57. The van der Waals surface area contributed by atoms with E-state index in [1.165, 1.54) is 18.9 Å². The third-order valence-electron chi connectivity index (χ3n) is 4.19. The first-order valence-corrected chi connectivity index (χ1v) is 7.65. The molecule has 3 rings (SSSR count). The Balaban J connectivity index is 1.63. The summed E-state index contributed by atoms with van der Waals surface area (Å²) in [5.74, 6) is 0. The lowest BCUT2D eigenvalue weighted by atomic mass is 10.1. The van der Waals surface area contributed by atoms with Crippen LogP contribution in [-0.2, 0) is 11.3 Å². The van der Waals surface area contributed by atoms with Gasteiger partial charge in [0.05, 0.1) is 24.2 Å². The van der Waals surface area contributed by atoms with Gasteiger partial charge in [-0.2, -0.15) is 0 Å². The lowest BCUT2D eigenvalue weighted by molar-refractivity contribution is -0.384. The number of anilines is 1. The van der Waals surface area contributed by atoms with E-state index in [1.807, 2.05) is 0 Å². The molecule has 7 nitrogen and oxygen atoms in total. The van der Waals surface area contributed by atoms with Gasteiger partial charge < -0.3 is 15.2 Å². The van der Waals surface area contributed by atoms with Crippen LogP contribution in [0.1, 0.15) is 18.4 Å². The topological polar surface area (TPSA) is 87.9 Å². The fraction of sp³-hybridized carbons (Fsp3) is 0.600. The quantitative estimate of drug-likeness (QED) is 0.609. The zero-order valence-electron chi connectivity index (χ0n) is 12.4. The Morgan fingerprint density at radius 1 is 1.45 bits per heavy atom. The number of nitro benzene ring substituents is 1. The van der Waals surface area contributed by atoms with Crippen LogP contribution >= 0.6 is 0 Å². The van der Waals surface area contributed by atoms with Crippen molar-refractivity contribution < 1.29 is 14.8 Å². The van der Waals surface area contributed by atoms with Gasteiger partial charge in [0.15, 0.2) is 0 Å². The Kier molecular flexibility index (Phi) is 4.56. The fourth-order valence-corrected chi connectivity index (χ4v) is 2.84. The highest BCUT2D eigenvalue weighted by atomic mass is 16.6. The van der Waals surface area contributed by atoms with Gasteiger partial charge in [0.1, 0.15) is 5.69 Å². The van der Waals surface area contributed by atoms with Gasteiger partial charge in [-0.25, -0.2) is 0 Å². The van der Waals surface area contributed by atoms with Gasteiger partial charge in [0, 0.05) is 31.7 Å². The molecule has 22 heavy (non-hydrogen) atoms. The molecule has 0 radical (unpaired) electrons. The number of nitrogens with zero attached hydrogens (tertiary/aromatic N) is 2. The summed E-state index contributed by atoms with van der Waals surface area (Å²) in [4.78, 5) is 13.1. The van der Waals surface area contributed by atoms with E-state index in [2.05, 4.69) is 10.2 Å². The van der Waals surface area contributed by atoms with E-state index in [1.54, 1.807) is 12.1 Å². The molecule has 1 atom stereocenters. The van der Waals surface area contributed by atoms with Crippen LogP contribution in [0.25, 0.3) is 0 Å². The van der Waals surface area contributed by atoms with Crippen LogP contribution in [-0.4, -0.2) is 53.3 Å². The number of benzene rings is 1. The van der Waals surface area contributed by atoms with Crippen LogP contribution in [0.2, 0.25) is 0 Å². The van der Waals surface area contributed by atoms with E-state index in [0.717, 1.165) is 13.1 Å². The van der Waals surface area contributed by atoms with Gasteiger partial charge in [-0.3, -0.25) is 15.0 Å². The Bertz CT molecular complexity index is 548. The predicted molar refractivity (Wildman–Crippen MR) is 81.8 cm³/mol. The zero-order chi connectivity index (χ0) is 15.5. The van der Waals surface area contributed by atoms with E-state index in [9.17, 15) is 15.2 Å². The van der Waals surface area contributed by atoms with Crippen molar-refractivity contribution in [1.29, 1.82) is 0 Å². The number of nitrogens with one attached hydrogen (secondary N) is 1. The summed E-state index contributed by atoms with van der Waals surface area (Å²) < 4.78 is 5.74. The second kappa shape index (κ2) is 6.60. The second-order valence-electron chi connectivity index (χ2n) is 5.87. The molecule has 1 aliphatic heterocycles. The average Bonchev–Trinajstić information content (AvgIpc) is 3.37. The largest absolute Gasteiger partial charge is 0.392 e. The molecular weight excluding hydrogens is 286 g/mol. The fourth-order valence-electron chi connectivity index (χ4n) is 2.84. The van der Waals surface area contributed by atoms with Crippen molar-refractivity contribution >= 4 is 11.4 Å². The van der Waals surface area contributed by atoms with Crippen molar-refractivity contribution in [2.24, 2.45) is 0 Å². The Morgan fingerprint density at radius 2 is 2.27 bits per heavy atom. The number of nitro groups is 1. The minimum absolute atomic E-state index is 0.0204. The van der Waals surface area contributed by atoms with E-state index in [-0.39, 0.29) is 18.4 Å². The van der Waals surface area contributed by atoms with Crippen molar-refractivity contribution in [1.82, 2.24) is 4.90 Å². The molecule has 120 valence electrons. The molecule has 0 bridgehead atoms. The third kappa shape index (κ3) is 3.55. The third-order valence-corrected chi connectivity index (χ3v) is 4.19. The first-order valence-electron chi connectivity index (χ1n) is 7.65. The molecule has 0 aromatic heterocycles. The number of rotatable bonds is 6. The lowest BCUT2D eigenvalue weighted by Gasteiger charge is -2.33. The number of aliphatic hydroxyl groups is 1. The lowest BCUT2D eigenvalue weighted by Crippen LogP contribution is -2.46. The number of aliphatic hydroxyl groups excluding tert-OH is 1. The monoisotopic (exact) mass is 307 g/mol. The van der Waals surface area contributed by atoms with Gasteiger partial charge in [-0.05, 0) is 30.5 Å². The first kappa shape index (κ1) is 15.2. The molecule has 1 aromatic carbocycles. The minimum atomic E-state index is -0.415. The van der Waals surface area contributed by atoms with E-state index >= 15 is 0 Å². The molecule has 1 heterocycles. The molecule has 0 spiro atoms. The molecular formula is C15H21N3O4.